The number of carbonyl (C=O) groups is 1. The summed E-state index contributed by atoms with van der Waals surface area (Å²) in [5.41, 5.74) is 6.80. The molecule has 6 heteroatoms. The zero-order chi connectivity index (χ0) is 21.4. The number of amides is 1. The highest BCUT2D eigenvalue weighted by Crippen LogP contribution is 2.29. The molecule has 0 bridgehead atoms. The first kappa shape index (κ1) is 20.8. The topological polar surface area (TPSA) is 41.4 Å². The van der Waals surface area contributed by atoms with Gasteiger partial charge in [0.1, 0.15) is 5.65 Å². The molecule has 0 radical (unpaired) electrons. The van der Waals surface area contributed by atoms with E-state index in [1.165, 1.54) is 16.8 Å². The van der Waals surface area contributed by atoms with Crippen molar-refractivity contribution < 1.29 is 4.79 Å². The van der Waals surface area contributed by atoms with Gasteiger partial charge in [0.05, 0.1) is 0 Å². The fraction of sp³-hybridized carbons (Fsp3) is 0.333. The number of pyridine rings is 1. The Morgan fingerprint density at radius 3 is 2.67 bits per heavy atom. The molecule has 0 N–H and O–H groups in total. The van der Waals surface area contributed by atoms with Gasteiger partial charge in [0.25, 0.3) is 5.91 Å². The van der Waals surface area contributed by atoms with E-state index >= 15 is 0 Å². The Labute approximate surface area is 186 Å². The molecule has 3 aromatic rings. The summed E-state index contributed by atoms with van der Waals surface area (Å²) in [5.74, 6) is 0.0459. The lowest BCUT2D eigenvalue weighted by atomic mass is 9.94. The lowest BCUT2D eigenvalue weighted by Gasteiger charge is -2.27. The molecule has 0 atom stereocenters. The monoisotopic (exact) mass is 466 g/mol. The first-order valence-electron chi connectivity index (χ1n) is 10.2. The zero-order valence-electron chi connectivity index (χ0n) is 17.9. The Bertz CT molecular complexity index is 1150. The summed E-state index contributed by atoms with van der Waals surface area (Å²) in [6.07, 6.45) is 5.18. The summed E-state index contributed by atoms with van der Waals surface area (Å²) < 4.78 is 3.27. The van der Waals surface area contributed by atoms with Crippen LogP contribution in [0.1, 0.15) is 33.6 Å². The van der Waals surface area contributed by atoms with Crippen LogP contribution in [0.3, 0.4) is 0 Å². The normalized spacial score (nSPS) is 14.8. The average molecular weight is 467 g/mol. The molecule has 30 heavy (non-hydrogen) atoms. The molecule has 0 saturated carbocycles. The van der Waals surface area contributed by atoms with Gasteiger partial charge in [-0.15, -0.1) is 0 Å². The highest BCUT2D eigenvalue weighted by molar-refractivity contribution is 9.10. The van der Waals surface area contributed by atoms with Gasteiger partial charge in [-0.1, -0.05) is 12.1 Å². The molecule has 0 saturated heterocycles. The fourth-order valence-electron chi connectivity index (χ4n) is 4.14. The number of aryl methyl sites for hydroxylation is 2. The van der Waals surface area contributed by atoms with Crippen LogP contribution in [0.2, 0.25) is 0 Å². The van der Waals surface area contributed by atoms with E-state index in [2.05, 4.69) is 62.6 Å². The predicted octanol–water partition coefficient (Wildman–Crippen LogP) is 4.64. The largest absolute Gasteiger partial charge is 0.345 e. The molecule has 1 aromatic carbocycles. The second kappa shape index (κ2) is 8.36. The van der Waals surface area contributed by atoms with Gasteiger partial charge in [0.2, 0.25) is 0 Å². The van der Waals surface area contributed by atoms with Crippen LogP contribution >= 0.6 is 15.9 Å². The molecule has 2 aromatic heterocycles. The molecule has 0 unspecified atom stereocenters. The number of hydrogen-bond donors (Lipinski definition) is 0. The van der Waals surface area contributed by atoms with E-state index in [1.807, 2.05) is 24.4 Å². The molecule has 3 heterocycles. The van der Waals surface area contributed by atoms with Gasteiger partial charge in [0.15, 0.2) is 0 Å². The Morgan fingerprint density at radius 2 is 2.03 bits per heavy atom. The summed E-state index contributed by atoms with van der Waals surface area (Å²) in [6.45, 7) is 4.93. The van der Waals surface area contributed by atoms with Gasteiger partial charge in [-0.25, -0.2) is 4.98 Å². The minimum atomic E-state index is 0.0459. The van der Waals surface area contributed by atoms with Crippen molar-refractivity contribution in [3.8, 4) is 0 Å². The van der Waals surface area contributed by atoms with Crippen molar-refractivity contribution in [2.45, 2.75) is 19.9 Å². The van der Waals surface area contributed by atoms with E-state index in [0.717, 1.165) is 52.7 Å². The summed E-state index contributed by atoms with van der Waals surface area (Å²) in [4.78, 5) is 20.8. The minimum Gasteiger partial charge on any atom is -0.345 e. The Morgan fingerprint density at radius 1 is 1.23 bits per heavy atom. The van der Waals surface area contributed by atoms with Gasteiger partial charge >= 0.3 is 0 Å². The molecule has 4 rings (SSSR count). The van der Waals surface area contributed by atoms with Crippen LogP contribution in [-0.2, 0) is 13.6 Å². The van der Waals surface area contributed by atoms with Crippen molar-refractivity contribution in [1.82, 2.24) is 19.4 Å². The predicted molar refractivity (Wildman–Crippen MR) is 125 cm³/mol. The molecule has 1 amide bonds. The van der Waals surface area contributed by atoms with Gasteiger partial charge < -0.3 is 9.47 Å². The van der Waals surface area contributed by atoms with Crippen molar-refractivity contribution in [2.24, 2.45) is 7.05 Å². The summed E-state index contributed by atoms with van der Waals surface area (Å²) in [7, 11) is 5.66. The van der Waals surface area contributed by atoms with Gasteiger partial charge in [0, 0.05) is 68.1 Å². The van der Waals surface area contributed by atoms with Crippen LogP contribution in [0.4, 0.5) is 0 Å². The lowest BCUT2D eigenvalue weighted by molar-refractivity contribution is 0.0827. The minimum absolute atomic E-state index is 0.0459. The van der Waals surface area contributed by atoms with Crippen molar-refractivity contribution >= 4 is 38.4 Å². The third-order valence-corrected chi connectivity index (χ3v) is 6.57. The zero-order valence-corrected chi connectivity index (χ0v) is 19.5. The SMILES string of the molecule is Cc1cc(C(=O)N(C)C)ccc1C1=CCN(Cc2cc3c(Br)ccnc3n2C)CC1. The average Bonchev–Trinajstić information content (AvgIpc) is 3.05. The lowest BCUT2D eigenvalue weighted by Crippen LogP contribution is -2.29. The summed E-state index contributed by atoms with van der Waals surface area (Å²) >= 11 is 3.63. The molecule has 5 nitrogen and oxygen atoms in total. The third-order valence-electron chi connectivity index (χ3n) is 5.88. The molecule has 1 aliphatic heterocycles. The number of hydrogen-bond acceptors (Lipinski definition) is 3. The Balaban J connectivity index is 1.49. The van der Waals surface area contributed by atoms with Crippen molar-refractivity contribution in [3.05, 3.63) is 69.5 Å². The van der Waals surface area contributed by atoms with Crippen LogP contribution in [-0.4, -0.2) is 52.4 Å². The van der Waals surface area contributed by atoms with E-state index in [4.69, 9.17) is 0 Å². The van der Waals surface area contributed by atoms with Crippen LogP contribution < -0.4 is 0 Å². The number of rotatable bonds is 4. The molecule has 1 aliphatic rings. The summed E-state index contributed by atoms with van der Waals surface area (Å²) in [6, 6.07) is 10.3. The number of carbonyl (C=O) groups excluding carboxylic acids is 1. The van der Waals surface area contributed by atoms with Crippen LogP contribution in [0.25, 0.3) is 16.6 Å². The molecule has 0 aliphatic carbocycles. The Hall–Kier alpha value is -2.44. The maximum absolute atomic E-state index is 12.2. The van der Waals surface area contributed by atoms with E-state index in [1.54, 1.807) is 19.0 Å². The summed E-state index contributed by atoms with van der Waals surface area (Å²) in [5, 5.41) is 1.16. The van der Waals surface area contributed by atoms with Gasteiger partial charge in [-0.2, -0.15) is 0 Å². The maximum atomic E-state index is 12.2. The van der Waals surface area contributed by atoms with Crippen molar-refractivity contribution in [2.75, 3.05) is 27.2 Å². The van der Waals surface area contributed by atoms with E-state index in [0.29, 0.717) is 0 Å². The first-order chi connectivity index (χ1) is 14.3. The quantitative estimate of drug-likeness (QED) is 0.562. The number of benzene rings is 1. The molecule has 0 spiro atoms. The molecular weight excluding hydrogens is 440 g/mol. The van der Waals surface area contributed by atoms with Crippen molar-refractivity contribution in [1.29, 1.82) is 0 Å². The molecule has 0 fully saturated rings. The Kier molecular flexibility index (Phi) is 5.80. The second-order valence-corrected chi connectivity index (χ2v) is 9.02. The van der Waals surface area contributed by atoms with Gasteiger partial charge in [-0.3, -0.25) is 9.69 Å². The van der Waals surface area contributed by atoms with Crippen LogP contribution in [0, 0.1) is 6.92 Å². The fourth-order valence-corrected chi connectivity index (χ4v) is 4.55. The maximum Gasteiger partial charge on any atom is 0.253 e. The number of aromatic nitrogens is 2. The standard InChI is InChI=1S/C24H27BrN4O/c1-16-13-18(24(30)27(2)3)5-6-20(16)17-8-11-29(12-9-17)15-19-14-21-22(25)7-10-26-23(21)28(19)4/h5-8,10,13-14H,9,11-12,15H2,1-4H3. The number of halogens is 1. The van der Waals surface area contributed by atoms with Crippen LogP contribution in [0.15, 0.2) is 47.1 Å². The highest BCUT2D eigenvalue weighted by Gasteiger charge is 2.18. The smallest absolute Gasteiger partial charge is 0.253 e. The number of fused-ring (bicyclic) bond motifs is 1. The van der Waals surface area contributed by atoms with Crippen molar-refractivity contribution in [3.63, 3.8) is 0 Å². The third kappa shape index (κ3) is 3.94. The molecule has 156 valence electrons. The first-order valence-corrected chi connectivity index (χ1v) is 11.0. The van der Waals surface area contributed by atoms with E-state index in [-0.39, 0.29) is 5.91 Å². The highest BCUT2D eigenvalue weighted by atomic mass is 79.9. The second-order valence-electron chi connectivity index (χ2n) is 8.17. The van der Waals surface area contributed by atoms with Gasteiger partial charge in [-0.05, 0) is 70.2 Å². The molecular formula is C24H27BrN4O. The van der Waals surface area contributed by atoms with E-state index < -0.39 is 0 Å². The van der Waals surface area contributed by atoms with E-state index in [9.17, 15) is 4.79 Å². The number of nitrogens with zero attached hydrogens (tertiary/aromatic N) is 4. The van der Waals surface area contributed by atoms with Crippen LogP contribution in [0.5, 0.6) is 0 Å².